The smallest absolute Gasteiger partial charge is 1.00 e. The summed E-state index contributed by atoms with van der Waals surface area (Å²) in [6.45, 7) is 3.25. The van der Waals surface area contributed by atoms with Crippen LogP contribution in [0.4, 0.5) is 0 Å². The van der Waals surface area contributed by atoms with Crippen molar-refractivity contribution in [2.75, 3.05) is 0 Å². The maximum Gasteiger partial charge on any atom is 1.00 e. The Morgan fingerprint density at radius 3 is 0.714 bits per heavy atom. The fourth-order valence-corrected chi connectivity index (χ4v) is 0. The van der Waals surface area contributed by atoms with Crippen molar-refractivity contribution in [2.24, 2.45) is 17.2 Å². The molecule has 114 valence electrons. The number of aliphatic hydroxyl groups excluding tert-OH is 1. The first-order chi connectivity index (χ1) is 7.84. The molecule has 0 heterocycles. The second kappa shape index (κ2) is 32.3. The van der Waals surface area contributed by atoms with Crippen LogP contribution in [0.1, 0.15) is 25.1 Å². The van der Waals surface area contributed by atoms with Gasteiger partial charge in [-0.15, -0.1) is 0 Å². The molecule has 0 rings (SSSR count). The molecular formula is C8H22N3Na3O7. The van der Waals surface area contributed by atoms with E-state index in [1.165, 1.54) is 0 Å². The van der Waals surface area contributed by atoms with Crippen molar-refractivity contribution in [3.05, 3.63) is 11.7 Å². The molecule has 0 aliphatic rings. The summed E-state index contributed by atoms with van der Waals surface area (Å²) >= 11 is 0. The van der Waals surface area contributed by atoms with Crippen molar-refractivity contribution in [3.63, 3.8) is 0 Å². The van der Waals surface area contributed by atoms with Gasteiger partial charge in [-0.1, -0.05) is 0 Å². The number of aliphatic carboxylic acids is 3. The van der Waals surface area contributed by atoms with Gasteiger partial charge < -0.3 is 41.9 Å². The molecule has 0 fully saturated rings. The second-order valence-corrected chi connectivity index (χ2v) is 2.40. The number of aliphatic hydroxyl groups is 1. The van der Waals surface area contributed by atoms with E-state index in [0.29, 0.717) is 0 Å². The third-order valence-electron chi connectivity index (χ3n) is 0.296. The standard InChI is InChI=1S/C2H7N3O.3C2H4O2.3Na.3H/c3-1(4)2(5)6;3*1-2(3)4;;;;;;/h6H,3-5H2;3*1H3,(H,3,4);;;;;;/q;;;;3*+1;3*-1. The molecule has 0 spiro atoms. The van der Waals surface area contributed by atoms with E-state index in [-0.39, 0.29) is 98.8 Å². The van der Waals surface area contributed by atoms with Gasteiger partial charge in [-0.2, -0.15) is 0 Å². The van der Waals surface area contributed by atoms with Crippen LogP contribution in [0, 0.1) is 0 Å². The number of rotatable bonds is 0. The van der Waals surface area contributed by atoms with Gasteiger partial charge in [0.15, 0.2) is 5.82 Å². The first kappa shape index (κ1) is 42.9. The fraction of sp³-hybridized carbons (Fsp3) is 0.375. The van der Waals surface area contributed by atoms with Gasteiger partial charge in [0.2, 0.25) is 5.88 Å². The summed E-state index contributed by atoms with van der Waals surface area (Å²) in [4.78, 5) is 27.0. The van der Waals surface area contributed by atoms with Gasteiger partial charge in [0.1, 0.15) is 0 Å². The number of nitrogens with two attached hydrogens (primary N) is 3. The van der Waals surface area contributed by atoms with Crippen LogP contribution in [0.5, 0.6) is 0 Å². The Morgan fingerprint density at radius 1 is 0.667 bits per heavy atom. The molecule has 0 saturated heterocycles. The Hall–Kier alpha value is 0.350. The van der Waals surface area contributed by atoms with Crippen molar-refractivity contribution >= 4 is 17.9 Å². The van der Waals surface area contributed by atoms with Crippen molar-refractivity contribution in [1.29, 1.82) is 0 Å². The Morgan fingerprint density at radius 2 is 0.714 bits per heavy atom. The van der Waals surface area contributed by atoms with E-state index >= 15 is 0 Å². The number of carboxylic acid groups (broad SMARTS) is 3. The first-order valence-electron chi connectivity index (χ1n) is 4.12. The molecule has 0 saturated carbocycles. The van der Waals surface area contributed by atoms with Crippen LogP contribution in [-0.2, 0) is 14.4 Å². The minimum absolute atomic E-state index is 0. The summed E-state index contributed by atoms with van der Waals surface area (Å²) in [6.07, 6.45) is 0. The maximum absolute atomic E-state index is 9.00. The summed E-state index contributed by atoms with van der Waals surface area (Å²) in [7, 11) is 0. The third kappa shape index (κ3) is 362. The van der Waals surface area contributed by atoms with Crippen molar-refractivity contribution in [3.8, 4) is 0 Å². The average molecular weight is 341 g/mol. The molecular weight excluding hydrogens is 319 g/mol. The van der Waals surface area contributed by atoms with Gasteiger partial charge in [-0.25, -0.2) is 0 Å². The van der Waals surface area contributed by atoms with Crippen LogP contribution >= 0.6 is 0 Å². The van der Waals surface area contributed by atoms with Crippen LogP contribution in [-0.4, -0.2) is 38.3 Å². The van der Waals surface area contributed by atoms with E-state index in [1.54, 1.807) is 0 Å². The van der Waals surface area contributed by atoms with Crippen molar-refractivity contribution in [2.45, 2.75) is 20.8 Å². The van der Waals surface area contributed by atoms with E-state index < -0.39 is 23.8 Å². The Bertz CT molecular complexity index is 255. The molecule has 0 aromatic heterocycles. The minimum Gasteiger partial charge on any atom is -1.00 e. The van der Waals surface area contributed by atoms with Gasteiger partial charge in [-0.05, 0) is 0 Å². The van der Waals surface area contributed by atoms with Gasteiger partial charge in [0, 0.05) is 20.8 Å². The zero-order chi connectivity index (χ0) is 15.9. The Balaban J connectivity index is -0.0000000127. The van der Waals surface area contributed by atoms with E-state index in [1.807, 2.05) is 0 Å². The monoisotopic (exact) mass is 341 g/mol. The molecule has 0 bridgehead atoms. The predicted molar refractivity (Wildman–Crippen MR) is 65.5 cm³/mol. The van der Waals surface area contributed by atoms with Gasteiger partial charge in [0.05, 0.1) is 0 Å². The molecule has 0 unspecified atom stereocenters. The van der Waals surface area contributed by atoms with Gasteiger partial charge >= 0.3 is 88.7 Å². The summed E-state index contributed by atoms with van der Waals surface area (Å²) in [5.74, 6) is -3.26. The molecule has 10 nitrogen and oxygen atoms in total. The molecule has 0 aromatic rings. The SMILES string of the molecule is CC(=O)O.CC(=O)O.CC(=O)O.NC(N)=C(N)O.[H-].[H-].[H-].[Na+].[Na+].[Na+]. The molecule has 0 aliphatic carbocycles. The van der Waals surface area contributed by atoms with Crippen LogP contribution < -0.4 is 106 Å². The van der Waals surface area contributed by atoms with Crippen LogP contribution in [0.2, 0.25) is 0 Å². The topological polar surface area (TPSA) is 210 Å². The predicted octanol–water partition coefficient (Wildman–Crippen LogP) is -9.83. The van der Waals surface area contributed by atoms with Crippen LogP contribution in [0.15, 0.2) is 11.7 Å². The quantitative estimate of drug-likeness (QED) is 0.163. The molecule has 0 aromatic carbocycles. The van der Waals surface area contributed by atoms with Crippen LogP contribution in [0.3, 0.4) is 0 Å². The zero-order valence-electron chi connectivity index (χ0n) is 16.2. The van der Waals surface area contributed by atoms with Gasteiger partial charge in [0.25, 0.3) is 17.9 Å². The zero-order valence-corrected chi connectivity index (χ0v) is 19.2. The number of hydrogen-bond acceptors (Lipinski definition) is 7. The van der Waals surface area contributed by atoms with Gasteiger partial charge in [-0.3, -0.25) is 14.4 Å². The minimum atomic E-state index is -0.833. The Labute approximate surface area is 193 Å². The number of carboxylic acids is 3. The summed E-state index contributed by atoms with van der Waals surface area (Å²) in [5.41, 5.74) is 14.1. The average Bonchev–Trinajstić information content (AvgIpc) is 1.99. The molecule has 0 amide bonds. The molecule has 0 atom stereocenters. The maximum atomic E-state index is 9.00. The molecule has 10 N–H and O–H groups in total. The normalized spacial score (nSPS) is 5.67. The molecule has 0 aliphatic heterocycles. The summed E-state index contributed by atoms with van der Waals surface area (Å²) < 4.78 is 0. The largest absolute Gasteiger partial charge is 1.00 e. The second-order valence-electron chi connectivity index (χ2n) is 2.40. The van der Waals surface area contributed by atoms with E-state index in [0.717, 1.165) is 20.8 Å². The molecule has 21 heavy (non-hydrogen) atoms. The van der Waals surface area contributed by atoms with Crippen molar-refractivity contribution in [1.82, 2.24) is 0 Å². The molecule has 0 radical (unpaired) electrons. The summed E-state index contributed by atoms with van der Waals surface area (Å²) in [5, 5.41) is 30.3. The Kier molecular flexibility index (Phi) is 66.1. The molecule has 13 heteroatoms. The third-order valence-corrected chi connectivity index (χ3v) is 0.296. The first-order valence-corrected chi connectivity index (χ1v) is 4.12. The van der Waals surface area contributed by atoms with Crippen LogP contribution in [0.25, 0.3) is 0 Å². The fourth-order valence-electron chi connectivity index (χ4n) is 0. The van der Waals surface area contributed by atoms with E-state index in [9.17, 15) is 0 Å². The summed E-state index contributed by atoms with van der Waals surface area (Å²) in [6, 6.07) is 0. The number of carbonyl (C=O) groups is 3. The van der Waals surface area contributed by atoms with Crippen molar-refractivity contribution < 1.29 is 128 Å². The van der Waals surface area contributed by atoms with E-state index in [4.69, 9.17) is 46.3 Å². The van der Waals surface area contributed by atoms with E-state index in [2.05, 4.69) is 5.73 Å². The number of hydrogen-bond donors (Lipinski definition) is 7.